The molecule has 0 atom stereocenters. The highest BCUT2D eigenvalue weighted by Crippen LogP contribution is 2.39. The van der Waals surface area contributed by atoms with E-state index in [0.717, 1.165) is 55.5 Å². The van der Waals surface area contributed by atoms with Gasteiger partial charge in [0.2, 0.25) is 0 Å². The fourth-order valence-corrected chi connectivity index (χ4v) is 6.06. The van der Waals surface area contributed by atoms with Gasteiger partial charge in [0.1, 0.15) is 0 Å². The molecule has 0 aromatic heterocycles. The van der Waals surface area contributed by atoms with Gasteiger partial charge in [-0.25, -0.2) is 0 Å². The molecule has 0 aliphatic rings. The molecule has 0 fully saturated rings. The van der Waals surface area contributed by atoms with Crippen LogP contribution in [0.2, 0.25) is 0 Å². The Balaban J connectivity index is 1.27. The summed E-state index contributed by atoms with van der Waals surface area (Å²) in [5.41, 5.74) is 8.80. The van der Waals surface area contributed by atoms with E-state index in [0.29, 0.717) is 5.56 Å². The summed E-state index contributed by atoms with van der Waals surface area (Å²) in [6.45, 7) is 0. The van der Waals surface area contributed by atoms with Crippen LogP contribution in [0.5, 0.6) is 0 Å². The minimum Gasteiger partial charge on any atom is -0.310 e. The summed E-state index contributed by atoms with van der Waals surface area (Å²) in [5.74, 6) is 0. The largest absolute Gasteiger partial charge is 0.310 e. The van der Waals surface area contributed by atoms with Crippen molar-refractivity contribution in [3.05, 3.63) is 200 Å². The number of anilines is 3. The summed E-state index contributed by atoms with van der Waals surface area (Å²) in [4.78, 5) is 1.85. The molecule has 0 N–H and O–H groups in total. The average molecular weight is 604 g/mol. The Morgan fingerprint density at radius 2 is 0.745 bits per heavy atom. The van der Waals surface area contributed by atoms with Crippen molar-refractivity contribution in [3.8, 4) is 44.5 Å². The molecular weight excluding hydrogens is 567 g/mol. The second-order valence-electron chi connectivity index (χ2n) is 11.5. The maximum atomic E-state index is 9.38. The summed E-state index contributed by atoms with van der Waals surface area (Å²) in [7, 11) is 0. The molecule has 0 radical (unpaired) electrons. The average Bonchev–Trinajstić information content (AvgIpc) is 3.20. The number of rotatable bonds is 7. The quantitative estimate of drug-likeness (QED) is 0.175. The maximum Gasteiger partial charge on any atom is 0.0645 e. The van der Waals surface area contributed by atoms with E-state index in [2.05, 4.69) is 54.6 Å². The minimum atomic E-state index is -0.110. The van der Waals surface area contributed by atoms with Gasteiger partial charge in [-0.1, -0.05) is 158 Å². The second kappa shape index (κ2) is 12.7. The molecule has 0 spiro atoms. The Hall–Kier alpha value is -6.18. The summed E-state index contributed by atoms with van der Waals surface area (Å²) < 4.78 is 37.2. The van der Waals surface area contributed by atoms with Crippen LogP contribution < -0.4 is 4.90 Å². The molecule has 0 heterocycles. The van der Waals surface area contributed by atoms with Crippen molar-refractivity contribution in [3.63, 3.8) is 0 Å². The van der Waals surface area contributed by atoms with E-state index < -0.39 is 0 Å². The Bertz CT molecular complexity index is 2470. The number of nitrogens with zero attached hydrogens (tertiary/aromatic N) is 1. The van der Waals surface area contributed by atoms with Crippen LogP contribution in [0.25, 0.3) is 55.3 Å². The van der Waals surface area contributed by atoms with Crippen molar-refractivity contribution < 1.29 is 5.48 Å². The van der Waals surface area contributed by atoms with E-state index in [1.807, 2.05) is 126 Å². The number of fused-ring (bicyclic) bond motifs is 1. The number of hydrogen-bond donors (Lipinski definition) is 0. The predicted octanol–water partition coefficient (Wildman–Crippen LogP) is 13.0. The fourth-order valence-electron chi connectivity index (χ4n) is 6.06. The SMILES string of the molecule is [2H]c1c([2H])c(N(c2ccc(-c3ccccc3)cc2)c2cccc(-c3ccc4ccccc4c3)c2)c([2H])c([2H])c1-c1ccc(-c2ccccc2)cc1. The van der Waals surface area contributed by atoms with Crippen molar-refractivity contribution in [2.45, 2.75) is 0 Å². The molecule has 0 aliphatic carbocycles. The van der Waals surface area contributed by atoms with E-state index in [1.54, 1.807) is 0 Å². The van der Waals surface area contributed by atoms with E-state index >= 15 is 0 Å². The summed E-state index contributed by atoms with van der Waals surface area (Å²) in [5, 5.41) is 2.30. The zero-order valence-corrected chi connectivity index (χ0v) is 25.7. The van der Waals surface area contributed by atoms with Gasteiger partial charge in [0.05, 0.1) is 5.48 Å². The molecule has 0 saturated carbocycles. The normalized spacial score (nSPS) is 12.2. The van der Waals surface area contributed by atoms with Crippen LogP contribution in [0, 0.1) is 0 Å². The molecule has 222 valence electrons. The molecule has 0 unspecified atom stereocenters. The monoisotopic (exact) mass is 603 g/mol. The van der Waals surface area contributed by atoms with Crippen LogP contribution in [0.3, 0.4) is 0 Å². The van der Waals surface area contributed by atoms with Gasteiger partial charge in [0.15, 0.2) is 0 Å². The van der Waals surface area contributed by atoms with Gasteiger partial charge >= 0.3 is 0 Å². The van der Waals surface area contributed by atoms with Gasteiger partial charge in [0, 0.05) is 17.1 Å². The van der Waals surface area contributed by atoms with Crippen LogP contribution in [-0.2, 0) is 0 Å². The standard InChI is InChI=1S/C46H33N/c1-3-10-34(11-4-1)37-18-20-38(21-19-37)40-26-30-45(31-27-40)47(44-28-24-39(25-29-44)35-12-5-2-6-13-35)46-17-9-16-42(33-46)43-23-22-36-14-7-8-15-41(36)32-43/h1-33H/i26D,27D,30D,31D. The third-order valence-corrected chi connectivity index (χ3v) is 8.54. The zero-order valence-electron chi connectivity index (χ0n) is 29.7. The van der Waals surface area contributed by atoms with Crippen LogP contribution in [-0.4, -0.2) is 0 Å². The predicted molar refractivity (Wildman–Crippen MR) is 200 cm³/mol. The van der Waals surface area contributed by atoms with E-state index in [9.17, 15) is 5.48 Å². The lowest BCUT2D eigenvalue weighted by Crippen LogP contribution is -2.10. The van der Waals surface area contributed by atoms with Crippen molar-refractivity contribution >= 4 is 27.8 Å². The van der Waals surface area contributed by atoms with Gasteiger partial charge < -0.3 is 4.90 Å². The molecule has 8 rings (SSSR count). The Morgan fingerprint density at radius 3 is 1.38 bits per heavy atom. The molecule has 0 amide bonds. The lowest BCUT2D eigenvalue weighted by Gasteiger charge is -2.26. The smallest absolute Gasteiger partial charge is 0.0645 e. The third-order valence-electron chi connectivity index (χ3n) is 8.54. The zero-order chi connectivity index (χ0) is 34.9. The topological polar surface area (TPSA) is 3.24 Å². The van der Waals surface area contributed by atoms with Gasteiger partial charge in [-0.3, -0.25) is 0 Å². The van der Waals surface area contributed by atoms with E-state index in [4.69, 9.17) is 0 Å². The van der Waals surface area contributed by atoms with Gasteiger partial charge in [-0.2, -0.15) is 0 Å². The Labute approximate surface area is 282 Å². The highest BCUT2D eigenvalue weighted by molar-refractivity contribution is 5.89. The number of hydrogen-bond acceptors (Lipinski definition) is 1. The highest BCUT2D eigenvalue weighted by Gasteiger charge is 2.15. The van der Waals surface area contributed by atoms with Gasteiger partial charge in [0.25, 0.3) is 0 Å². The van der Waals surface area contributed by atoms with E-state index in [1.165, 1.54) is 0 Å². The van der Waals surface area contributed by atoms with Gasteiger partial charge in [-0.05, 0) is 97.7 Å². The van der Waals surface area contributed by atoms with Crippen molar-refractivity contribution in [1.82, 2.24) is 0 Å². The van der Waals surface area contributed by atoms with Crippen molar-refractivity contribution in [1.29, 1.82) is 0 Å². The van der Waals surface area contributed by atoms with Crippen LogP contribution >= 0.6 is 0 Å². The number of benzene rings is 8. The molecular formula is C46H33N. The summed E-state index contributed by atoms with van der Waals surface area (Å²) in [6, 6.07) is 58.2. The van der Waals surface area contributed by atoms with Crippen molar-refractivity contribution in [2.75, 3.05) is 4.90 Å². The minimum absolute atomic E-state index is 0.0879. The first kappa shape index (κ1) is 24.1. The van der Waals surface area contributed by atoms with Crippen LogP contribution in [0.15, 0.2) is 200 Å². The fraction of sp³-hybridized carbons (Fsp3) is 0. The van der Waals surface area contributed by atoms with Crippen molar-refractivity contribution in [2.24, 2.45) is 0 Å². The summed E-state index contributed by atoms with van der Waals surface area (Å²) >= 11 is 0. The Kier molecular flexibility index (Phi) is 6.50. The molecule has 0 bridgehead atoms. The van der Waals surface area contributed by atoms with E-state index in [-0.39, 0.29) is 35.4 Å². The first-order valence-electron chi connectivity index (χ1n) is 17.8. The molecule has 0 aliphatic heterocycles. The maximum absolute atomic E-state index is 9.38. The van der Waals surface area contributed by atoms with Crippen LogP contribution in [0.4, 0.5) is 17.1 Å². The first-order chi connectivity index (χ1) is 25.0. The summed E-state index contributed by atoms with van der Waals surface area (Å²) in [6.07, 6.45) is 0. The molecule has 0 saturated heterocycles. The third kappa shape index (κ3) is 5.95. The highest BCUT2D eigenvalue weighted by atomic mass is 15.1. The molecule has 47 heavy (non-hydrogen) atoms. The second-order valence-corrected chi connectivity index (χ2v) is 11.5. The molecule has 1 heteroatoms. The lowest BCUT2D eigenvalue weighted by atomic mass is 9.99. The molecule has 1 nitrogen and oxygen atoms in total. The lowest BCUT2D eigenvalue weighted by molar-refractivity contribution is 1.28. The first-order valence-corrected chi connectivity index (χ1v) is 15.8. The van der Waals surface area contributed by atoms with Gasteiger partial charge in [-0.15, -0.1) is 0 Å². The molecule has 8 aromatic carbocycles. The van der Waals surface area contributed by atoms with Crippen LogP contribution in [0.1, 0.15) is 5.48 Å². The molecule has 8 aromatic rings. The Morgan fingerprint density at radius 1 is 0.277 bits per heavy atom.